The summed E-state index contributed by atoms with van der Waals surface area (Å²) < 4.78 is 6.08. The molecule has 1 saturated heterocycles. The van der Waals surface area contributed by atoms with Crippen molar-refractivity contribution in [2.24, 2.45) is 0 Å². The topological polar surface area (TPSA) is 119 Å². The maximum absolute atomic E-state index is 12.4. The van der Waals surface area contributed by atoms with Crippen LogP contribution in [0.1, 0.15) is 19.8 Å². The van der Waals surface area contributed by atoms with Crippen molar-refractivity contribution >= 4 is 40.3 Å². The summed E-state index contributed by atoms with van der Waals surface area (Å²) >= 11 is 0. The van der Waals surface area contributed by atoms with E-state index in [4.69, 9.17) is 4.74 Å². The Hall–Kier alpha value is -3.40. The van der Waals surface area contributed by atoms with Gasteiger partial charge in [0.25, 0.3) is 11.8 Å². The van der Waals surface area contributed by atoms with E-state index in [1.807, 2.05) is 41.7 Å². The van der Waals surface area contributed by atoms with E-state index < -0.39 is 30.4 Å². The summed E-state index contributed by atoms with van der Waals surface area (Å²) in [6, 6.07) is 10.9. The zero-order valence-corrected chi connectivity index (χ0v) is 21.4. The van der Waals surface area contributed by atoms with Crippen LogP contribution in [0, 0.1) is 0 Å². The third-order valence-electron chi connectivity index (χ3n) is 5.44. The number of imide groups is 2. The van der Waals surface area contributed by atoms with Crippen LogP contribution in [0.4, 0.5) is 10.5 Å². The van der Waals surface area contributed by atoms with Crippen molar-refractivity contribution in [3.05, 3.63) is 72.2 Å². The third-order valence-corrected chi connectivity index (χ3v) is 5.44. The van der Waals surface area contributed by atoms with Gasteiger partial charge in [-0.15, -0.1) is 0 Å². The van der Waals surface area contributed by atoms with Crippen LogP contribution >= 0.6 is 0 Å². The first-order valence-corrected chi connectivity index (χ1v) is 10.8. The van der Waals surface area contributed by atoms with Gasteiger partial charge in [-0.05, 0) is 30.0 Å². The van der Waals surface area contributed by atoms with Crippen LogP contribution in [0.2, 0.25) is 0 Å². The van der Waals surface area contributed by atoms with E-state index in [0.717, 1.165) is 41.6 Å². The minimum Gasteiger partial charge on any atom is -0.548 e. The summed E-state index contributed by atoms with van der Waals surface area (Å²) in [4.78, 5) is 49.5. The molecule has 0 aromatic heterocycles. The van der Waals surface area contributed by atoms with Crippen molar-refractivity contribution in [1.82, 2.24) is 10.2 Å². The molecule has 35 heavy (non-hydrogen) atoms. The summed E-state index contributed by atoms with van der Waals surface area (Å²) in [5.41, 5.74) is 0.628. The Morgan fingerprint density at radius 1 is 1.06 bits per heavy atom. The number of barbiturate groups is 1. The molecule has 2 aromatic carbocycles. The second-order valence-corrected chi connectivity index (χ2v) is 7.73. The molecule has 0 aliphatic carbocycles. The number of carbonyl (C=O) groups excluding carboxylic acids is 4. The number of benzene rings is 2. The maximum atomic E-state index is 12.4. The Labute approximate surface area is 224 Å². The molecule has 2 aromatic rings. The van der Waals surface area contributed by atoms with E-state index in [2.05, 4.69) is 11.8 Å². The number of anilines is 1. The molecule has 1 N–H and O–H groups in total. The van der Waals surface area contributed by atoms with E-state index in [1.165, 1.54) is 12.2 Å². The third kappa shape index (κ3) is 5.48. The van der Waals surface area contributed by atoms with Gasteiger partial charge in [-0.25, -0.2) is 4.79 Å². The average molecular weight is 483 g/mol. The van der Waals surface area contributed by atoms with Crippen LogP contribution in [0.5, 0.6) is 5.75 Å². The molecular formula is C25H22N3NaO6. The molecule has 0 spiro atoms. The van der Waals surface area contributed by atoms with Crippen LogP contribution in [-0.4, -0.2) is 41.8 Å². The van der Waals surface area contributed by atoms with Gasteiger partial charge in [-0.1, -0.05) is 55.8 Å². The number of aliphatic carboxylic acids is 1. The molecule has 2 aliphatic rings. The van der Waals surface area contributed by atoms with E-state index in [-0.39, 0.29) is 35.1 Å². The number of amides is 4. The quantitative estimate of drug-likeness (QED) is 0.305. The number of hydrogen-bond donors (Lipinski definition) is 1. The number of hydrogen-bond acceptors (Lipinski definition) is 7. The van der Waals surface area contributed by atoms with E-state index in [9.17, 15) is 24.3 Å². The SMILES string of the molecule is CCCCN1/C(=C/C=C/C=C2/C(=O)NC(=O)N(CC(=O)[O-])C2=O)Oc2ccc3ccccc3c21.[Na+]. The number of rotatable bonds is 7. The van der Waals surface area contributed by atoms with Gasteiger partial charge in [-0.3, -0.25) is 19.8 Å². The van der Waals surface area contributed by atoms with Gasteiger partial charge in [0.05, 0.1) is 18.2 Å². The number of carbonyl (C=O) groups is 4. The largest absolute Gasteiger partial charge is 1.00 e. The van der Waals surface area contributed by atoms with Crippen LogP contribution in [-0.2, 0) is 14.4 Å². The predicted octanol–water partition coefficient (Wildman–Crippen LogP) is -1.00. The molecule has 0 radical (unpaired) electrons. The molecule has 10 heteroatoms. The number of carboxylic acid groups (broad SMARTS) is 1. The van der Waals surface area contributed by atoms with Gasteiger partial charge in [-0.2, -0.15) is 0 Å². The smallest absolute Gasteiger partial charge is 0.548 e. The summed E-state index contributed by atoms with van der Waals surface area (Å²) in [5, 5.41) is 14.9. The average Bonchev–Trinajstić information content (AvgIpc) is 3.17. The molecular weight excluding hydrogens is 461 g/mol. The molecule has 0 bridgehead atoms. The Bertz CT molecular complexity index is 1280. The maximum Gasteiger partial charge on any atom is 1.00 e. The minimum atomic E-state index is -1.62. The summed E-state index contributed by atoms with van der Waals surface area (Å²) in [6.07, 6.45) is 7.96. The van der Waals surface area contributed by atoms with E-state index >= 15 is 0 Å². The number of fused-ring (bicyclic) bond motifs is 3. The molecule has 4 amide bonds. The van der Waals surface area contributed by atoms with Crippen molar-refractivity contribution < 1.29 is 58.6 Å². The van der Waals surface area contributed by atoms with Crippen molar-refractivity contribution in [3.63, 3.8) is 0 Å². The fourth-order valence-corrected chi connectivity index (χ4v) is 3.81. The van der Waals surface area contributed by atoms with Crippen molar-refractivity contribution in [2.75, 3.05) is 18.0 Å². The van der Waals surface area contributed by atoms with Crippen LogP contribution in [0.3, 0.4) is 0 Å². The summed E-state index contributed by atoms with van der Waals surface area (Å²) in [7, 11) is 0. The fourth-order valence-electron chi connectivity index (χ4n) is 3.81. The first-order valence-electron chi connectivity index (χ1n) is 10.8. The van der Waals surface area contributed by atoms with Gasteiger partial charge in [0.1, 0.15) is 5.57 Å². The number of ether oxygens (including phenoxy) is 1. The predicted molar refractivity (Wildman–Crippen MR) is 122 cm³/mol. The van der Waals surface area contributed by atoms with Gasteiger partial charge in [0.2, 0.25) is 5.88 Å². The van der Waals surface area contributed by atoms with Crippen molar-refractivity contribution in [1.29, 1.82) is 0 Å². The summed E-state index contributed by atoms with van der Waals surface area (Å²) in [6.45, 7) is 1.91. The molecule has 0 saturated carbocycles. The monoisotopic (exact) mass is 483 g/mol. The van der Waals surface area contributed by atoms with Gasteiger partial charge in [0.15, 0.2) is 5.75 Å². The normalized spacial score (nSPS) is 17.7. The Kier molecular flexibility index (Phi) is 8.50. The molecule has 174 valence electrons. The fraction of sp³-hybridized carbons (Fsp3) is 0.200. The van der Waals surface area contributed by atoms with Crippen molar-refractivity contribution in [3.8, 4) is 5.75 Å². The zero-order chi connectivity index (χ0) is 24.2. The number of carboxylic acids is 1. The Morgan fingerprint density at radius 3 is 2.54 bits per heavy atom. The van der Waals surface area contributed by atoms with Crippen LogP contribution < -0.4 is 49.6 Å². The van der Waals surface area contributed by atoms with Crippen molar-refractivity contribution in [2.45, 2.75) is 19.8 Å². The standard InChI is InChI=1S/C25H23N3O6.Na/c1-2-3-14-27-20(34-19-13-12-16-8-4-5-9-17(16)22(19)27)11-7-6-10-18-23(31)26-25(33)28(24(18)32)15-21(29)30;/h4-13H,2-3,14-15H2,1H3,(H,29,30)(H,26,31,33);/q;+1/p-1/b7-6+,18-10-,20-11-;. The Morgan fingerprint density at radius 2 is 1.80 bits per heavy atom. The van der Waals surface area contributed by atoms with Crippen LogP contribution in [0.25, 0.3) is 10.8 Å². The second kappa shape index (κ2) is 11.4. The molecule has 0 atom stereocenters. The van der Waals surface area contributed by atoms with Gasteiger partial charge < -0.3 is 19.5 Å². The number of unbranched alkanes of at least 4 members (excludes halogenated alkanes) is 1. The number of nitrogens with one attached hydrogen (secondary N) is 1. The number of nitrogens with zero attached hydrogens (tertiary/aromatic N) is 2. The molecule has 0 unspecified atom stereocenters. The summed E-state index contributed by atoms with van der Waals surface area (Å²) in [5.74, 6) is -2.18. The second-order valence-electron chi connectivity index (χ2n) is 7.73. The Balaban J connectivity index is 0.00000342. The molecule has 2 heterocycles. The first-order chi connectivity index (χ1) is 16.4. The van der Waals surface area contributed by atoms with Gasteiger partial charge in [0, 0.05) is 11.9 Å². The van der Waals surface area contributed by atoms with Gasteiger partial charge >= 0.3 is 35.6 Å². The van der Waals surface area contributed by atoms with E-state index in [1.54, 1.807) is 12.2 Å². The molecule has 4 rings (SSSR count). The van der Waals surface area contributed by atoms with Crippen LogP contribution in [0.15, 0.2) is 72.2 Å². The first kappa shape index (κ1) is 26.2. The van der Waals surface area contributed by atoms with E-state index in [0.29, 0.717) is 10.8 Å². The zero-order valence-electron chi connectivity index (χ0n) is 19.4. The molecule has 9 nitrogen and oxygen atoms in total. The number of urea groups is 1. The number of allylic oxidation sites excluding steroid dienone is 4. The molecule has 1 fully saturated rings. The molecule has 2 aliphatic heterocycles. The minimum absolute atomic E-state index is 0.